The Labute approximate surface area is 169 Å². The molecule has 0 unspecified atom stereocenters. The van der Waals surface area contributed by atoms with Crippen LogP contribution in [0, 0.1) is 0 Å². The lowest BCUT2D eigenvalue weighted by Gasteiger charge is -2.33. The van der Waals surface area contributed by atoms with Crippen molar-refractivity contribution in [2.45, 2.75) is 38.9 Å². The topological polar surface area (TPSA) is 103 Å². The van der Waals surface area contributed by atoms with Gasteiger partial charge >= 0.3 is 6.09 Å². The van der Waals surface area contributed by atoms with Crippen LogP contribution in [0.1, 0.15) is 37.9 Å². The molecule has 0 aliphatic carbocycles. The van der Waals surface area contributed by atoms with E-state index in [1.165, 1.54) is 16.0 Å². The van der Waals surface area contributed by atoms with E-state index in [4.69, 9.17) is 4.74 Å². The second-order valence-corrected chi connectivity index (χ2v) is 7.86. The molecule has 0 spiro atoms. The summed E-state index contributed by atoms with van der Waals surface area (Å²) < 4.78 is 5.87. The highest BCUT2D eigenvalue weighted by Gasteiger charge is 2.32. The van der Waals surface area contributed by atoms with Crippen LogP contribution in [-0.4, -0.2) is 50.9 Å². The minimum Gasteiger partial charge on any atom is -0.475 e. The van der Waals surface area contributed by atoms with Crippen molar-refractivity contribution in [1.82, 2.24) is 9.88 Å². The minimum absolute atomic E-state index is 0.146. The average Bonchev–Trinajstić information content (AvgIpc) is 2.86. The van der Waals surface area contributed by atoms with E-state index in [1.54, 1.807) is 26.8 Å². The number of carboxylic acid groups (broad SMARTS) is 1. The standard InChI is InChI=1S/C21H25N3O5/c1-21(2,3)24(20(27)28)16-9-15-11-23(18(26)12-25)17(13-29-19(15)22-10-16)14-7-5-4-6-8-14/h4-10,17,25H,11-13H2,1-3H3,(H,27,28)/t17-/m0/s1. The maximum atomic E-state index is 12.5. The van der Waals surface area contributed by atoms with Gasteiger partial charge < -0.3 is 19.8 Å². The summed E-state index contributed by atoms with van der Waals surface area (Å²) in [6, 6.07) is 10.7. The molecular weight excluding hydrogens is 374 g/mol. The van der Waals surface area contributed by atoms with Crippen LogP contribution in [0.15, 0.2) is 42.6 Å². The summed E-state index contributed by atoms with van der Waals surface area (Å²) in [6.45, 7) is 5.06. The Kier molecular flexibility index (Phi) is 5.74. The number of nitrogens with zero attached hydrogens (tertiary/aromatic N) is 3. The fraction of sp³-hybridized carbons (Fsp3) is 0.381. The molecule has 1 aliphatic heterocycles. The van der Waals surface area contributed by atoms with E-state index in [0.29, 0.717) is 17.1 Å². The zero-order valence-electron chi connectivity index (χ0n) is 16.7. The van der Waals surface area contributed by atoms with Crippen LogP contribution in [0.2, 0.25) is 0 Å². The van der Waals surface area contributed by atoms with Gasteiger partial charge in [-0.2, -0.15) is 0 Å². The summed E-state index contributed by atoms with van der Waals surface area (Å²) in [4.78, 5) is 31.4. The summed E-state index contributed by atoms with van der Waals surface area (Å²) in [5, 5.41) is 19.1. The van der Waals surface area contributed by atoms with E-state index in [9.17, 15) is 19.8 Å². The molecule has 1 aromatic carbocycles. The number of fused-ring (bicyclic) bond motifs is 1. The van der Waals surface area contributed by atoms with Crippen molar-refractivity contribution >= 4 is 17.7 Å². The van der Waals surface area contributed by atoms with Crippen LogP contribution in [-0.2, 0) is 11.3 Å². The van der Waals surface area contributed by atoms with Crippen molar-refractivity contribution in [2.24, 2.45) is 0 Å². The molecule has 8 heteroatoms. The highest BCUT2D eigenvalue weighted by Crippen LogP contribution is 2.34. The molecule has 3 rings (SSSR count). The number of carbonyl (C=O) groups is 2. The molecule has 1 aliphatic rings. The normalized spacial score (nSPS) is 16.4. The molecule has 29 heavy (non-hydrogen) atoms. The van der Waals surface area contributed by atoms with E-state index in [0.717, 1.165) is 5.56 Å². The van der Waals surface area contributed by atoms with Crippen molar-refractivity contribution < 1.29 is 24.5 Å². The van der Waals surface area contributed by atoms with E-state index in [2.05, 4.69) is 4.98 Å². The van der Waals surface area contributed by atoms with Crippen molar-refractivity contribution in [3.05, 3.63) is 53.7 Å². The number of amides is 2. The van der Waals surface area contributed by atoms with E-state index in [1.807, 2.05) is 30.3 Å². The summed E-state index contributed by atoms with van der Waals surface area (Å²) in [6.07, 6.45) is 0.360. The highest BCUT2D eigenvalue weighted by atomic mass is 16.5. The Morgan fingerprint density at radius 1 is 1.28 bits per heavy atom. The molecule has 2 aromatic rings. The molecule has 2 N–H and O–H groups in total. The van der Waals surface area contributed by atoms with Gasteiger partial charge in [0.05, 0.1) is 24.5 Å². The lowest BCUT2D eigenvalue weighted by atomic mass is 10.0. The maximum absolute atomic E-state index is 12.5. The first-order valence-corrected chi connectivity index (χ1v) is 9.32. The molecule has 2 amide bonds. The molecule has 0 saturated heterocycles. The van der Waals surface area contributed by atoms with Gasteiger partial charge in [-0.1, -0.05) is 30.3 Å². The Morgan fingerprint density at radius 3 is 2.55 bits per heavy atom. The minimum atomic E-state index is -1.10. The van der Waals surface area contributed by atoms with Crippen molar-refractivity contribution in [3.63, 3.8) is 0 Å². The highest BCUT2D eigenvalue weighted by molar-refractivity contribution is 5.87. The fourth-order valence-corrected chi connectivity index (χ4v) is 3.48. The first-order chi connectivity index (χ1) is 13.7. The Hall–Kier alpha value is -3.13. The molecule has 1 atom stereocenters. The Balaban J connectivity index is 2.02. The van der Waals surface area contributed by atoms with Crippen LogP contribution in [0.4, 0.5) is 10.5 Å². The quantitative estimate of drug-likeness (QED) is 0.823. The van der Waals surface area contributed by atoms with Crippen LogP contribution in [0.5, 0.6) is 5.88 Å². The zero-order valence-corrected chi connectivity index (χ0v) is 16.7. The fourth-order valence-electron chi connectivity index (χ4n) is 3.48. The van der Waals surface area contributed by atoms with Crippen LogP contribution in [0.25, 0.3) is 0 Å². The number of aromatic nitrogens is 1. The predicted molar refractivity (Wildman–Crippen MR) is 107 cm³/mol. The van der Waals surface area contributed by atoms with Gasteiger partial charge in [-0.05, 0) is 32.4 Å². The molecule has 1 aromatic heterocycles. The first-order valence-electron chi connectivity index (χ1n) is 9.32. The van der Waals surface area contributed by atoms with Crippen LogP contribution >= 0.6 is 0 Å². The summed E-state index contributed by atoms with van der Waals surface area (Å²) in [5.41, 5.74) is 1.17. The van der Waals surface area contributed by atoms with Gasteiger partial charge in [-0.15, -0.1) is 0 Å². The summed E-state index contributed by atoms with van der Waals surface area (Å²) in [7, 11) is 0. The van der Waals surface area contributed by atoms with E-state index in [-0.39, 0.29) is 13.2 Å². The van der Waals surface area contributed by atoms with Crippen LogP contribution < -0.4 is 9.64 Å². The van der Waals surface area contributed by atoms with Gasteiger partial charge in [0.2, 0.25) is 11.8 Å². The van der Waals surface area contributed by atoms with Gasteiger partial charge in [0.25, 0.3) is 0 Å². The Morgan fingerprint density at radius 2 is 1.97 bits per heavy atom. The van der Waals surface area contributed by atoms with Gasteiger partial charge in [0, 0.05) is 11.1 Å². The molecule has 0 saturated carbocycles. The smallest absolute Gasteiger partial charge is 0.412 e. The molecule has 154 valence electrons. The average molecular weight is 399 g/mol. The molecule has 2 heterocycles. The Bertz CT molecular complexity index is 895. The number of aliphatic hydroxyl groups is 1. The number of rotatable bonds is 3. The number of pyridine rings is 1. The number of hydrogen-bond donors (Lipinski definition) is 2. The molecule has 0 bridgehead atoms. The monoisotopic (exact) mass is 399 g/mol. The van der Waals surface area contributed by atoms with Gasteiger partial charge in [0.15, 0.2) is 0 Å². The van der Waals surface area contributed by atoms with Crippen molar-refractivity contribution in [3.8, 4) is 5.88 Å². The van der Waals surface area contributed by atoms with E-state index >= 15 is 0 Å². The van der Waals surface area contributed by atoms with Gasteiger partial charge in [-0.3, -0.25) is 9.69 Å². The number of hydrogen-bond acceptors (Lipinski definition) is 5. The lowest BCUT2D eigenvalue weighted by Crippen LogP contribution is -2.45. The predicted octanol–water partition coefficient (Wildman–Crippen LogP) is 2.82. The molecule has 0 fully saturated rings. The van der Waals surface area contributed by atoms with Crippen LogP contribution in [0.3, 0.4) is 0 Å². The third-order valence-corrected chi connectivity index (χ3v) is 4.77. The van der Waals surface area contributed by atoms with Gasteiger partial charge in [-0.25, -0.2) is 9.78 Å². The summed E-state index contributed by atoms with van der Waals surface area (Å²) in [5.74, 6) is -0.0891. The number of benzene rings is 1. The number of anilines is 1. The van der Waals surface area contributed by atoms with Crippen molar-refractivity contribution in [2.75, 3.05) is 18.1 Å². The number of carbonyl (C=O) groups excluding carboxylic acids is 1. The third kappa shape index (κ3) is 4.32. The van der Waals surface area contributed by atoms with E-state index < -0.39 is 30.2 Å². The molecule has 8 nitrogen and oxygen atoms in total. The lowest BCUT2D eigenvalue weighted by molar-refractivity contribution is -0.137. The first kappa shape index (κ1) is 20.6. The largest absolute Gasteiger partial charge is 0.475 e. The summed E-state index contributed by atoms with van der Waals surface area (Å²) >= 11 is 0. The maximum Gasteiger partial charge on any atom is 0.412 e. The molecular formula is C21H25N3O5. The molecule has 0 radical (unpaired) electrons. The third-order valence-electron chi connectivity index (χ3n) is 4.77. The SMILES string of the molecule is CC(C)(C)N(C(=O)O)c1cnc2c(c1)CN(C(=O)CO)[C@H](c1ccccc1)CO2. The number of aliphatic hydroxyl groups excluding tert-OH is 1. The number of ether oxygens (including phenoxy) is 1. The van der Waals surface area contributed by atoms with Gasteiger partial charge in [0.1, 0.15) is 13.2 Å². The zero-order chi connectivity index (χ0) is 21.2. The second-order valence-electron chi connectivity index (χ2n) is 7.86. The second kappa shape index (κ2) is 8.08. The van der Waals surface area contributed by atoms with Crippen molar-refractivity contribution in [1.29, 1.82) is 0 Å².